The first-order valence-electron chi connectivity index (χ1n) is 9.00. The summed E-state index contributed by atoms with van der Waals surface area (Å²) in [6, 6.07) is 0. The largest absolute Gasteiger partial charge is 0.457 e. The molecule has 3 unspecified atom stereocenters. The summed E-state index contributed by atoms with van der Waals surface area (Å²) in [4.78, 5) is 35.9. The van der Waals surface area contributed by atoms with Gasteiger partial charge in [0.05, 0.1) is 12.3 Å². The van der Waals surface area contributed by atoms with E-state index in [4.69, 9.17) is 9.47 Å². The van der Waals surface area contributed by atoms with E-state index < -0.39 is 6.10 Å². The van der Waals surface area contributed by atoms with Crippen LogP contribution in [0.2, 0.25) is 0 Å². The van der Waals surface area contributed by atoms with Crippen molar-refractivity contribution in [2.45, 2.75) is 60.5 Å². The van der Waals surface area contributed by atoms with Crippen molar-refractivity contribution < 1.29 is 23.9 Å². The molecule has 0 aromatic heterocycles. The molecule has 1 saturated carbocycles. The molecule has 0 spiro atoms. The number of rotatable bonds is 6. The SMILES string of the molecule is CC=CCC1=C(C)C(OC(=O)C2C(C=C(C)OC(C)=O)C2(C)C)CC1=O. The van der Waals surface area contributed by atoms with Gasteiger partial charge in [-0.15, -0.1) is 0 Å². The average molecular weight is 360 g/mol. The molecule has 0 heterocycles. The van der Waals surface area contributed by atoms with Gasteiger partial charge in [0, 0.05) is 18.4 Å². The Bertz CT molecular complexity index is 708. The number of Topliss-reactive ketones (excluding diaryl/α,β-unsaturated/α-hetero) is 1. The van der Waals surface area contributed by atoms with E-state index in [-0.39, 0.29) is 41.4 Å². The van der Waals surface area contributed by atoms with Gasteiger partial charge < -0.3 is 9.47 Å². The molecule has 0 N–H and O–H groups in total. The van der Waals surface area contributed by atoms with E-state index in [1.807, 2.05) is 45.9 Å². The third kappa shape index (κ3) is 4.14. The van der Waals surface area contributed by atoms with E-state index >= 15 is 0 Å². The van der Waals surface area contributed by atoms with E-state index in [0.717, 1.165) is 11.1 Å². The summed E-state index contributed by atoms with van der Waals surface area (Å²) in [7, 11) is 0. The Kier molecular flexibility index (Phi) is 5.89. The molecule has 142 valence electrons. The van der Waals surface area contributed by atoms with Gasteiger partial charge >= 0.3 is 11.9 Å². The lowest BCUT2D eigenvalue weighted by atomic mass is 10.1. The van der Waals surface area contributed by atoms with Crippen molar-refractivity contribution >= 4 is 17.7 Å². The molecule has 0 bridgehead atoms. The van der Waals surface area contributed by atoms with Crippen molar-refractivity contribution in [2.24, 2.45) is 17.3 Å². The molecule has 0 radical (unpaired) electrons. The lowest BCUT2D eigenvalue weighted by Crippen LogP contribution is -2.20. The molecule has 3 atom stereocenters. The fourth-order valence-electron chi connectivity index (χ4n) is 3.67. The van der Waals surface area contributed by atoms with Gasteiger partial charge in [0.15, 0.2) is 5.78 Å². The van der Waals surface area contributed by atoms with E-state index in [2.05, 4.69) is 0 Å². The van der Waals surface area contributed by atoms with Crippen LogP contribution in [-0.2, 0) is 23.9 Å². The molecule has 2 rings (SSSR count). The standard InChI is InChI=1S/C21H28O5/c1-7-8-9-15-13(3)18(11-17(15)23)26-20(24)19-16(21(19,5)6)10-12(2)25-14(4)22/h7-8,10,16,18-19H,9,11H2,1-6H3. The Morgan fingerprint density at radius 3 is 2.50 bits per heavy atom. The smallest absolute Gasteiger partial charge is 0.310 e. The summed E-state index contributed by atoms with van der Waals surface area (Å²) in [5, 5.41) is 0. The molecule has 2 aliphatic carbocycles. The van der Waals surface area contributed by atoms with Crippen molar-refractivity contribution in [1.82, 2.24) is 0 Å². The maximum absolute atomic E-state index is 12.7. The minimum atomic E-state index is -0.467. The first kappa shape index (κ1) is 20.1. The van der Waals surface area contributed by atoms with Crippen LogP contribution in [0.15, 0.2) is 35.1 Å². The average Bonchev–Trinajstić information content (AvgIpc) is 2.94. The van der Waals surface area contributed by atoms with E-state index in [0.29, 0.717) is 12.2 Å². The molecule has 2 aliphatic rings. The molecule has 0 aromatic carbocycles. The van der Waals surface area contributed by atoms with Crippen LogP contribution in [0.1, 0.15) is 54.4 Å². The summed E-state index contributed by atoms with van der Waals surface area (Å²) in [6.45, 7) is 10.8. The number of hydrogen-bond donors (Lipinski definition) is 0. The predicted octanol–water partition coefficient (Wildman–Crippen LogP) is 3.89. The van der Waals surface area contributed by atoms with Gasteiger partial charge in [-0.3, -0.25) is 14.4 Å². The van der Waals surface area contributed by atoms with Crippen molar-refractivity contribution in [3.8, 4) is 0 Å². The van der Waals surface area contributed by atoms with Crippen molar-refractivity contribution in [3.63, 3.8) is 0 Å². The fourth-order valence-corrected chi connectivity index (χ4v) is 3.67. The Balaban J connectivity index is 2.05. The van der Waals surface area contributed by atoms with E-state index in [1.165, 1.54) is 6.92 Å². The van der Waals surface area contributed by atoms with Gasteiger partial charge in [0.25, 0.3) is 0 Å². The fraction of sp³-hybridized carbons (Fsp3) is 0.571. The molecule has 0 amide bonds. The summed E-state index contributed by atoms with van der Waals surface area (Å²) in [6.07, 6.45) is 5.99. The van der Waals surface area contributed by atoms with Crippen LogP contribution in [0.5, 0.6) is 0 Å². The summed E-state index contributed by atoms with van der Waals surface area (Å²) < 4.78 is 10.7. The Hall–Kier alpha value is -2.17. The van der Waals surface area contributed by atoms with E-state index in [9.17, 15) is 14.4 Å². The summed E-state index contributed by atoms with van der Waals surface area (Å²) in [5.41, 5.74) is 1.34. The van der Waals surface area contributed by atoms with Crippen LogP contribution in [0.4, 0.5) is 0 Å². The molecule has 0 saturated heterocycles. The monoisotopic (exact) mass is 360 g/mol. The van der Waals surface area contributed by atoms with Gasteiger partial charge in [-0.05, 0) is 44.3 Å². The molecular formula is C21H28O5. The number of allylic oxidation sites excluding steroid dienone is 5. The number of hydrogen-bond acceptors (Lipinski definition) is 5. The van der Waals surface area contributed by atoms with Gasteiger partial charge in [-0.1, -0.05) is 26.0 Å². The maximum atomic E-state index is 12.7. The normalized spacial score (nSPS) is 27.8. The molecule has 26 heavy (non-hydrogen) atoms. The quantitative estimate of drug-likeness (QED) is 0.408. The summed E-state index contributed by atoms with van der Waals surface area (Å²) in [5.74, 6) is -0.470. The number of carbonyl (C=O) groups is 3. The minimum Gasteiger partial charge on any atom is -0.457 e. The second-order valence-corrected chi connectivity index (χ2v) is 7.68. The van der Waals surface area contributed by atoms with Gasteiger partial charge in [-0.2, -0.15) is 0 Å². The molecule has 0 aromatic rings. The lowest BCUT2D eigenvalue weighted by Gasteiger charge is -2.13. The number of carbonyl (C=O) groups excluding carboxylic acids is 3. The lowest BCUT2D eigenvalue weighted by molar-refractivity contribution is -0.150. The Morgan fingerprint density at radius 1 is 1.27 bits per heavy atom. The first-order valence-corrected chi connectivity index (χ1v) is 9.00. The predicted molar refractivity (Wildman–Crippen MR) is 97.9 cm³/mol. The van der Waals surface area contributed by atoms with Gasteiger partial charge in [0.2, 0.25) is 0 Å². The minimum absolute atomic E-state index is 0.0433. The van der Waals surface area contributed by atoms with E-state index in [1.54, 1.807) is 6.92 Å². The molecule has 0 aliphatic heterocycles. The van der Waals surface area contributed by atoms with Crippen molar-refractivity contribution in [2.75, 3.05) is 0 Å². The van der Waals surface area contributed by atoms with Crippen LogP contribution < -0.4 is 0 Å². The Morgan fingerprint density at radius 2 is 1.92 bits per heavy atom. The molecule has 5 nitrogen and oxygen atoms in total. The molecule has 5 heteroatoms. The third-order valence-corrected chi connectivity index (χ3v) is 5.37. The maximum Gasteiger partial charge on any atom is 0.310 e. The zero-order valence-electron chi connectivity index (χ0n) is 16.4. The highest BCUT2D eigenvalue weighted by molar-refractivity contribution is 6.00. The Labute approximate surface area is 155 Å². The van der Waals surface area contributed by atoms with Crippen LogP contribution in [0.25, 0.3) is 0 Å². The molecular weight excluding hydrogens is 332 g/mol. The number of ketones is 1. The second kappa shape index (κ2) is 7.60. The highest BCUT2D eigenvalue weighted by Crippen LogP contribution is 2.60. The third-order valence-electron chi connectivity index (χ3n) is 5.37. The highest BCUT2D eigenvalue weighted by Gasteiger charge is 2.62. The van der Waals surface area contributed by atoms with Crippen LogP contribution in [-0.4, -0.2) is 23.8 Å². The van der Waals surface area contributed by atoms with Crippen LogP contribution in [0, 0.1) is 17.3 Å². The van der Waals surface area contributed by atoms with Gasteiger partial charge in [0.1, 0.15) is 11.9 Å². The summed E-state index contributed by atoms with van der Waals surface area (Å²) >= 11 is 0. The second-order valence-electron chi connectivity index (χ2n) is 7.68. The zero-order valence-corrected chi connectivity index (χ0v) is 16.4. The van der Waals surface area contributed by atoms with Crippen molar-refractivity contribution in [3.05, 3.63) is 35.1 Å². The molecule has 1 fully saturated rings. The van der Waals surface area contributed by atoms with Crippen molar-refractivity contribution in [1.29, 1.82) is 0 Å². The zero-order chi connectivity index (χ0) is 19.6. The number of esters is 2. The van der Waals surface area contributed by atoms with Crippen LogP contribution in [0.3, 0.4) is 0 Å². The van der Waals surface area contributed by atoms with Gasteiger partial charge in [-0.25, -0.2) is 0 Å². The first-order chi connectivity index (χ1) is 12.1. The highest BCUT2D eigenvalue weighted by atomic mass is 16.5. The topological polar surface area (TPSA) is 69.7 Å². The number of ether oxygens (including phenoxy) is 2. The van der Waals surface area contributed by atoms with Crippen LogP contribution >= 0.6 is 0 Å².